The van der Waals surface area contributed by atoms with Crippen molar-refractivity contribution >= 4 is 17.4 Å². The molecule has 130 valence electrons. The first-order chi connectivity index (χ1) is 12.3. The minimum Gasteiger partial charge on any atom is -0.367 e. The van der Waals surface area contributed by atoms with E-state index in [1.807, 2.05) is 23.1 Å². The smallest absolute Gasteiger partial charge is 0.277 e. The van der Waals surface area contributed by atoms with Gasteiger partial charge in [-0.3, -0.25) is 4.79 Å². The van der Waals surface area contributed by atoms with Gasteiger partial charge in [-0.25, -0.2) is 9.97 Å². The lowest BCUT2D eigenvalue weighted by atomic mass is 9.95. The highest BCUT2D eigenvalue weighted by Crippen LogP contribution is 2.28. The van der Waals surface area contributed by atoms with Crippen molar-refractivity contribution in [2.24, 2.45) is 0 Å². The van der Waals surface area contributed by atoms with Gasteiger partial charge in [-0.15, -0.1) is 0 Å². The van der Waals surface area contributed by atoms with Crippen LogP contribution in [0.25, 0.3) is 0 Å². The van der Waals surface area contributed by atoms with Crippen LogP contribution in [0.4, 0.5) is 11.5 Å². The van der Waals surface area contributed by atoms with Gasteiger partial charge in [0.1, 0.15) is 17.8 Å². The molecule has 0 spiro atoms. The molecule has 0 radical (unpaired) electrons. The molecule has 1 aromatic heterocycles. The largest absolute Gasteiger partial charge is 0.367 e. The fourth-order valence-electron chi connectivity index (χ4n) is 3.89. The molecule has 1 N–H and O–H groups in total. The number of hydrogen-bond acceptors (Lipinski definition) is 4. The first-order valence-corrected chi connectivity index (χ1v) is 9.29. The molecule has 0 saturated heterocycles. The Labute approximate surface area is 148 Å². The van der Waals surface area contributed by atoms with Gasteiger partial charge in [0, 0.05) is 24.3 Å². The second kappa shape index (κ2) is 7.21. The Kier molecular flexibility index (Phi) is 4.63. The number of aryl methyl sites for hydroxylation is 1. The third-order valence-corrected chi connectivity index (χ3v) is 5.20. The number of nitrogens with one attached hydrogen (secondary N) is 1. The lowest BCUT2D eigenvalue weighted by molar-refractivity contribution is 0.0980. The zero-order valence-electron chi connectivity index (χ0n) is 14.4. The molecule has 25 heavy (non-hydrogen) atoms. The van der Waals surface area contributed by atoms with Gasteiger partial charge >= 0.3 is 0 Å². The molecule has 5 nitrogen and oxygen atoms in total. The molecule has 1 fully saturated rings. The number of carbonyl (C=O) groups is 1. The van der Waals surface area contributed by atoms with Crippen LogP contribution in [0.1, 0.15) is 54.6 Å². The molecule has 2 aromatic rings. The summed E-state index contributed by atoms with van der Waals surface area (Å²) in [6.07, 6.45) is 9.70. The number of fused-ring (bicyclic) bond motifs is 1. The molecule has 0 bridgehead atoms. The standard InChI is InChI=1S/C20H24N4O/c25-20(24-12-6-8-15-7-4-5-11-18(15)24)17-13-19(22-14-21-17)23-16-9-2-1-3-10-16/h4-5,7,11,13-14,16H,1-3,6,8-10,12H2,(H,21,22,23). The predicted octanol–water partition coefficient (Wildman–Crippen LogP) is 3.81. The number of anilines is 2. The van der Waals surface area contributed by atoms with Gasteiger partial charge in [-0.05, 0) is 37.3 Å². The molecule has 1 amide bonds. The van der Waals surface area contributed by atoms with E-state index in [1.54, 1.807) is 6.07 Å². The van der Waals surface area contributed by atoms with Crippen LogP contribution in [0.5, 0.6) is 0 Å². The zero-order valence-corrected chi connectivity index (χ0v) is 14.4. The highest BCUT2D eigenvalue weighted by molar-refractivity contribution is 6.05. The van der Waals surface area contributed by atoms with Crippen molar-refractivity contribution in [1.29, 1.82) is 0 Å². The Morgan fingerprint density at radius 3 is 2.80 bits per heavy atom. The summed E-state index contributed by atoms with van der Waals surface area (Å²) in [5.74, 6) is 0.719. The summed E-state index contributed by atoms with van der Waals surface area (Å²) in [6, 6.07) is 10.4. The van der Waals surface area contributed by atoms with Crippen molar-refractivity contribution in [3.8, 4) is 0 Å². The van der Waals surface area contributed by atoms with E-state index in [1.165, 1.54) is 44.0 Å². The summed E-state index contributed by atoms with van der Waals surface area (Å²) in [7, 11) is 0. The topological polar surface area (TPSA) is 58.1 Å². The summed E-state index contributed by atoms with van der Waals surface area (Å²) in [5.41, 5.74) is 2.71. The third-order valence-electron chi connectivity index (χ3n) is 5.20. The molecule has 2 heterocycles. The van der Waals surface area contributed by atoms with E-state index in [0.717, 1.165) is 30.9 Å². The molecule has 1 aliphatic heterocycles. The van der Waals surface area contributed by atoms with Crippen LogP contribution in [0.3, 0.4) is 0 Å². The summed E-state index contributed by atoms with van der Waals surface area (Å²) in [6.45, 7) is 0.741. The monoisotopic (exact) mass is 336 g/mol. The fourth-order valence-corrected chi connectivity index (χ4v) is 3.89. The SMILES string of the molecule is O=C(c1cc(NC2CCCCC2)ncn1)N1CCCc2ccccc21. The van der Waals surface area contributed by atoms with Crippen molar-refractivity contribution < 1.29 is 4.79 Å². The van der Waals surface area contributed by atoms with Crippen LogP contribution in [0, 0.1) is 0 Å². The summed E-state index contributed by atoms with van der Waals surface area (Å²) in [4.78, 5) is 23.4. The van der Waals surface area contributed by atoms with Crippen LogP contribution >= 0.6 is 0 Å². The van der Waals surface area contributed by atoms with Crippen LogP contribution in [0.2, 0.25) is 0 Å². The number of hydrogen-bond donors (Lipinski definition) is 1. The van der Waals surface area contributed by atoms with Crippen molar-refractivity contribution in [1.82, 2.24) is 9.97 Å². The van der Waals surface area contributed by atoms with E-state index >= 15 is 0 Å². The maximum Gasteiger partial charge on any atom is 0.277 e. The van der Waals surface area contributed by atoms with Gasteiger partial charge in [-0.2, -0.15) is 0 Å². The van der Waals surface area contributed by atoms with E-state index in [4.69, 9.17) is 0 Å². The number of carbonyl (C=O) groups excluding carboxylic acids is 1. The average molecular weight is 336 g/mol. The Morgan fingerprint density at radius 1 is 1.08 bits per heavy atom. The highest BCUT2D eigenvalue weighted by atomic mass is 16.2. The second-order valence-corrected chi connectivity index (χ2v) is 6.96. The first kappa shape index (κ1) is 16.1. The lowest BCUT2D eigenvalue weighted by Crippen LogP contribution is -2.36. The van der Waals surface area contributed by atoms with Crippen LogP contribution in [0.15, 0.2) is 36.7 Å². The van der Waals surface area contributed by atoms with Crippen molar-refractivity contribution in [3.05, 3.63) is 47.9 Å². The van der Waals surface area contributed by atoms with Gasteiger partial charge in [0.2, 0.25) is 0 Å². The van der Waals surface area contributed by atoms with Crippen LogP contribution < -0.4 is 10.2 Å². The van der Waals surface area contributed by atoms with Crippen molar-refractivity contribution in [3.63, 3.8) is 0 Å². The fraction of sp³-hybridized carbons (Fsp3) is 0.450. The molecule has 2 aliphatic rings. The van der Waals surface area contributed by atoms with E-state index in [9.17, 15) is 4.79 Å². The molecular formula is C20H24N4O. The van der Waals surface area contributed by atoms with Crippen LogP contribution in [-0.4, -0.2) is 28.5 Å². The molecule has 5 heteroatoms. The number of nitrogens with zero attached hydrogens (tertiary/aromatic N) is 3. The molecule has 1 saturated carbocycles. The van der Waals surface area contributed by atoms with Gasteiger partial charge < -0.3 is 10.2 Å². The summed E-state index contributed by atoms with van der Waals surface area (Å²) in [5, 5.41) is 3.48. The first-order valence-electron chi connectivity index (χ1n) is 9.29. The zero-order chi connectivity index (χ0) is 17.1. The van der Waals surface area contributed by atoms with Gasteiger partial charge in [0.25, 0.3) is 5.91 Å². The normalized spacial score (nSPS) is 17.8. The predicted molar refractivity (Wildman–Crippen MR) is 99.0 cm³/mol. The number of benzene rings is 1. The molecule has 1 aliphatic carbocycles. The minimum atomic E-state index is -0.0405. The molecule has 4 rings (SSSR count). The average Bonchev–Trinajstić information content (AvgIpc) is 2.68. The van der Waals surface area contributed by atoms with Gasteiger partial charge in [-0.1, -0.05) is 37.5 Å². The number of para-hydroxylation sites is 1. The number of aromatic nitrogens is 2. The highest BCUT2D eigenvalue weighted by Gasteiger charge is 2.24. The Morgan fingerprint density at radius 2 is 1.92 bits per heavy atom. The van der Waals surface area contributed by atoms with Crippen molar-refractivity contribution in [2.45, 2.75) is 51.0 Å². The minimum absolute atomic E-state index is 0.0405. The molecular weight excluding hydrogens is 312 g/mol. The summed E-state index contributed by atoms with van der Waals surface area (Å²) >= 11 is 0. The lowest BCUT2D eigenvalue weighted by Gasteiger charge is -2.29. The van der Waals surface area contributed by atoms with E-state index in [0.29, 0.717) is 11.7 Å². The number of rotatable bonds is 3. The van der Waals surface area contributed by atoms with Gasteiger partial charge in [0.15, 0.2) is 0 Å². The molecule has 1 aromatic carbocycles. The van der Waals surface area contributed by atoms with E-state index < -0.39 is 0 Å². The van der Waals surface area contributed by atoms with E-state index in [2.05, 4.69) is 21.4 Å². The summed E-state index contributed by atoms with van der Waals surface area (Å²) < 4.78 is 0. The Hall–Kier alpha value is -2.43. The quantitative estimate of drug-likeness (QED) is 0.926. The van der Waals surface area contributed by atoms with E-state index in [-0.39, 0.29) is 5.91 Å². The van der Waals surface area contributed by atoms with Crippen molar-refractivity contribution in [2.75, 3.05) is 16.8 Å². The second-order valence-electron chi connectivity index (χ2n) is 6.96. The van der Waals surface area contributed by atoms with Gasteiger partial charge in [0.05, 0.1) is 0 Å². The molecule has 0 atom stereocenters. The van der Waals surface area contributed by atoms with Crippen LogP contribution in [-0.2, 0) is 6.42 Å². The number of amides is 1. The molecule has 0 unspecified atom stereocenters. The Bertz CT molecular complexity index is 755. The Balaban J connectivity index is 1.54. The maximum absolute atomic E-state index is 13.0. The maximum atomic E-state index is 13.0. The third kappa shape index (κ3) is 3.50.